The Kier molecular flexibility index (Phi) is 5.89. The topological polar surface area (TPSA) is 81.9 Å². The van der Waals surface area contributed by atoms with Crippen LogP contribution >= 0.6 is 0 Å². The van der Waals surface area contributed by atoms with Crippen LogP contribution in [0.15, 0.2) is 54.7 Å². The number of halogens is 1. The molecule has 1 saturated heterocycles. The van der Waals surface area contributed by atoms with Crippen LogP contribution in [-0.2, 0) is 0 Å². The molecule has 0 radical (unpaired) electrons. The number of nitrogens with zero attached hydrogens (tertiary/aromatic N) is 4. The first-order valence-electron chi connectivity index (χ1n) is 10.2. The van der Waals surface area contributed by atoms with Crippen molar-refractivity contribution in [3.05, 3.63) is 77.4 Å². The second kappa shape index (κ2) is 8.92. The number of carbonyl (C=O) groups is 1. The van der Waals surface area contributed by atoms with E-state index in [1.807, 2.05) is 13.0 Å². The number of rotatable bonds is 4. The molecule has 1 N–H and O–H groups in total. The van der Waals surface area contributed by atoms with E-state index >= 15 is 0 Å². The Morgan fingerprint density at radius 3 is 2.65 bits per heavy atom. The highest BCUT2D eigenvalue weighted by Gasteiger charge is 2.22. The van der Waals surface area contributed by atoms with Crippen molar-refractivity contribution in [2.45, 2.75) is 25.8 Å². The Hall–Kier alpha value is -3.79. The smallest absolute Gasteiger partial charge is 0.253 e. The number of nitrogens with one attached hydrogen (secondary N) is 1. The molecule has 0 spiro atoms. The van der Waals surface area contributed by atoms with Crippen LogP contribution in [0.25, 0.3) is 11.3 Å². The van der Waals surface area contributed by atoms with Gasteiger partial charge >= 0.3 is 0 Å². The number of nitriles is 1. The van der Waals surface area contributed by atoms with Gasteiger partial charge in [-0.05, 0) is 56.2 Å². The molecule has 1 aliphatic heterocycles. The number of benzene rings is 1. The number of hydrogen-bond donors (Lipinski definition) is 1. The quantitative estimate of drug-likeness (QED) is 0.700. The van der Waals surface area contributed by atoms with Gasteiger partial charge in [0.2, 0.25) is 0 Å². The second-order valence-corrected chi connectivity index (χ2v) is 7.59. The number of carbonyl (C=O) groups excluding carboxylic acids is 1. The van der Waals surface area contributed by atoms with Gasteiger partial charge in [-0.25, -0.2) is 9.37 Å². The van der Waals surface area contributed by atoms with Gasteiger partial charge in [0.25, 0.3) is 5.91 Å². The molecule has 4 rings (SSSR count). The Morgan fingerprint density at radius 2 is 2.00 bits per heavy atom. The molecule has 0 bridgehead atoms. The van der Waals surface area contributed by atoms with Crippen molar-refractivity contribution in [3.63, 3.8) is 0 Å². The van der Waals surface area contributed by atoms with Crippen LogP contribution in [0, 0.1) is 24.1 Å². The normalized spacial score (nSPS) is 14.2. The van der Waals surface area contributed by atoms with Gasteiger partial charge in [0.05, 0.1) is 22.5 Å². The molecule has 3 aromatic rings. The molecule has 1 aliphatic rings. The van der Waals surface area contributed by atoms with Gasteiger partial charge in [-0.15, -0.1) is 0 Å². The molecule has 156 valence electrons. The molecule has 0 saturated carbocycles. The summed E-state index contributed by atoms with van der Waals surface area (Å²) >= 11 is 0. The molecule has 1 aromatic carbocycles. The van der Waals surface area contributed by atoms with Crippen molar-refractivity contribution in [2.75, 3.05) is 18.0 Å². The van der Waals surface area contributed by atoms with Gasteiger partial charge in [0.1, 0.15) is 17.7 Å². The summed E-state index contributed by atoms with van der Waals surface area (Å²) in [7, 11) is 0. The molecule has 3 heterocycles. The highest BCUT2D eigenvalue weighted by atomic mass is 19.1. The number of pyridine rings is 2. The third-order valence-electron chi connectivity index (χ3n) is 5.49. The maximum atomic E-state index is 13.4. The summed E-state index contributed by atoms with van der Waals surface area (Å²) in [5.41, 5.74) is 3.08. The lowest BCUT2D eigenvalue weighted by molar-refractivity contribution is 0.0930. The van der Waals surface area contributed by atoms with E-state index in [1.54, 1.807) is 30.3 Å². The number of anilines is 1. The second-order valence-electron chi connectivity index (χ2n) is 7.59. The van der Waals surface area contributed by atoms with Crippen LogP contribution in [0.3, 0.4) is 0 Å². The third kappa shape index (κ3) is 4.69. The molecule has 1 amide bonds. The average molecular weight is 415 g/mol. The van der Waals surface area contributed by atoms with Gasteiger partial charge in [0.15, 0.2) is 0 Å². The fourth-order valence-electron chi connectivity index (χ4n) is 3.71. The molecule has 31 heavy (non-hydrogen) atoms. The van der Waals surface area contributed by atoms with Crippen molar-refractivity contribution in [2.24, 2.45) is 0 Å². The van der Waals surface area contributed by atoms with Crippen LogP contribution in [0.1, 0.15) is 34.5 Å². The Balaban J connectivity index is 1.34. The lowest BCUT2D eigenvalue weighted by Gasteiger charge is -2.33. The number of hydrogen-bond acceptors (Lipinski definition) is 5. The highest BCUT2D eigenvalue weighted by Crippen LogP contribution is 2.21. The van der Waals surface area contributed by atoms with E-state index in [-0.39, 0.29) is 17.8 Å². The van der Waals surface area contributed by atoms with E-state index in [0.717, 1.165) is 37.4 Å². The first-order chi connectivity index (χ1) is 15.0. The van der Waals surface area contributed by atoms with E-state index in [9.17, 15) is 9.18 Å². The van der Waals surface area contributed by atoms with Crippen LogP contribution in [0.4, 0.5) is 10.2 Å². The molecule has 0 aliphatic carbocycles. The van der Waals surface area contributed by atoms with E-state index in [2.05, 4.69) is 26.3 Å². The van der Waals surface area contributed by atoms with Crippen LogP contribution in [-0.4, -0.2) is 35.0 Å². The first kappa shape index (κ1) is 20.5. The Morgan fingerprint density at radius 1 is 1.19 bits per heavy atom. The zero-order chi connectivity index (χ0) is 21.8. The highest BCUT2D eigenvalue weighted by molar-refractivity contribution is 5.94. The minimum atomic E-state index is -0.321. The zero-order valence-electron chi connectivity index (χ0n) is 17.2. The van der Waals surface area contributed by atoms with Gasteiger partial charge in [0, 0.05) is 30.9 Å². The summed E-state index contributed by atoms with van der Waals surface area (Å²) in [6, 6.07) is 15.5. The molecule has 2 aromatic heterocycles. The van der Waals surface area contributed by atoms with Crippen molar-refractivity contribution in [1.82, 2.24) is 15.3 Å². The molecule has 0 atom stereocenters. The average Bonchev–Trinajstić information content (AvgIpc) is 2.79. The Labute approximate surface area is 180 Å². The molecule has 0 unspecified atom stereocenters. The lowest BCUT2D eigenvalue weighted by atomic mass is 10.0. The summed E-state index contributed by atoms with van der Waals surface area (Å²) in [6.07, 6.45) is 3.14. The van der Waals surface area contributed by atoms with Gasteiger partial charge in [-0.2, -0.15) is 5.26 Å². The summed E-state index contributed by atoms with van der Waals surface area (Å²) in [5, 5.41) is 12.1. The van der Waals surface area contributed by atoms with Crippen molar-refractivity contribution >= 4 is 11.7 Å². The van der Waals surface area contributed by atoms with Crippen molar-refractivity contribution in [3.8, 4) is 17.3 Å². The van der Waals surface area contributed by atoms with Crippen molar-refractivity contribution in [1.29, 1.82) is 5.26 Å². The fourth-order valence-corrected chi connectivity index (χ4v) is 3.71. The maximum Gasteiger partial charge on any atom is 0.253 e. The minimum absolute atomic E-state index is 0.0751. The summed E-state index contributed by atoms with van der Waals surface area (Å²) < 4.78 is 13.4. The van der Waals surface area contributed by atoms with Gasteiger partial charge in [-0.3, -0.25) is 9.78 Å². The number of piperidine rings is 1. The van der Waals surface area contributed by atoms with Crippen LogP contribution in [0.2, 0.25) is 0 Å². The van der Waals surface area contributed by atoms with E-state index in [4.69, 9.17) is 5.26 Å². The lowest BCUT2D eigenvalue weighted by Crippen LogP contribution is -2.45. The number of aryl methyl sites for hydroxylation is 1. The van der Waals surface area contributed by atoms with Crippen molar-refractivity contribution < 1.29 is 9.18 Å². The zero-order valence-corrected chi connectivity index (χ0v) is 17.2. The fraction of sp³-hybridized carbons (Fsp3) is 0.250. The van der Waals surface area contributed by atoms with E-state index in [1.165, 1.54) is 18.3 Å². The molecule has 7 heteroatoms. The molecule has 1 fully saturated rings. The monoisotopic (exact) mass is 415 g/mol. The Bertz CT molecular complexity index is 1130. The molecular formula is C24H22FN5O. The maximum absolute atomic E-state index is 13.4. The number of amides is 1. The van der Waals surface area contributed by atoms with E-state index < -0.39 is 0 Å². The summed E-state index contributed by atoms with van der Waals surface area (Å²) in [4.78, 5) is 23.6. The largest absolute Gasteiger partial charge is 0.356 e. The summed E-state index contributed by atoms with van der Waals surface area (Å²) in [6.45, 7) is 3.39. The summed E-state index contributed by atoms with van der Waals surface area (Å²) in [5.74, 6) is 0.376. The molecular weight excluding hydrogens is 393 g/mol. The van der Waals surface area contributed by atoms with E-state index in [0.29, 0.717) is 22.4 Å². The number of aromatic nitrogens is 2. The predicted molar refractivity (Wildman–Crippen MR) is 116 cm³/mol. The first-order valence-corrected chi connectivity index (χ1v) is 10.2. The van der Waals surface area contributed by atoms with Crippen LogP contribution < -0.4 is 10.2 Å². The molecule has 6 nitrogen and oxygen atoms in total. The minimum Gasteiger partial charge on any atom is -0.356 e. The standard InChI is InChI=1S/C24H22FN5O/c1-16-18(14-26)6-8-23(28-16)30-11-9-21(10-12-30)29-24(31)19-5-7-22(27-15-19)17-3-2-4-20(25)13-17/h2-8,13,15,21H,9-12H2,1H3,(H,29,31). The van der Waals surface area contributed by atoms with Crippen LogP contribution in [0.5, 0.6) is 0 Å². The SMILES string of the molecule is Cc1nc(N2CCC(NC(=O)c3ccc(-c4cccc(F)c4)nc3)CC2)ccc1C#N. The van der Waals surface area contributed by atoms with Gasteiger partial charge < -0.3 is 10.2 Å². The van der Waals surface area contributed by atoms with Gasteiger partial charge in [-0.1, -0.05) is 12.1 Å². The third-order valence-corrected chi connectivity index (χ3v) is 5.49. The predicted octanol–water partition coefficient (Wildman–Crippen LogP) is 3.86.